The molecule has 3 rings (SSSR count). The fourth-order valence-corrected chi connectivity index (χ4v) is 3.17. The Bertz CT molecular complexity index is 1210. The molecule has 0 aliphatic heterocycles. The normalized spacial score (nSPS) is 12.4. The third-order valence-corrected chi connectivity index (χ3v) is 5.07. The van der Waals surface area contributed by atoms with Crippen molar-refractivity contribution in [2.24, 2.45) is 5.14 Å². The SMILES string of the molecule is C[C@@H](OC(=O)c1cc(S(N)(=O)=O)ccc1F)C(=O)Nc1ccc2ccccc2c1. The third-order valence-electron chi connectivity index (χ3n) is 4.16. The zero-order chi connectivity index (χ0) is 21.2. The van der Waals surface area contributed by atoms with Crippen LogP contribution >= 0.6 is 0 Å². The number of carbonyl (C=O) groups is 2. The third kappa shape index (κ3) is 4.76. The van der Waals surface area contributed by atoms with Crippen molar-refractivity contribution in [1.29, 1.82) is 0 Å². The van der Waals surface area contributed by atoms with Crippen LogP contribution in [0.25, 0.3) is 10.8 Å². The summed E-state index contributed by atoms with van der Waals surface area (Å²) >= 11 is 0. The fraction of sp³-hybridized carbons (Fsp3) is 0.100. The molecule has 0 spiro atoms. The minimum Gasteiger partial charge on any atom is -0.449 e. The zero-order valence-corrected chi connectivity index (χ0v) is 16.1. The number of fused-ring (bicyclic) bond motifs is 1. The highest BCUT2D eigenvalue weighted by molar-refractivity contribution is 7.89. The van der Waals surface area contributed by atoms with E-state index in [4.69, 9.17) is 9.88 Å². The number of ether oxygens (including phenoxy) is 1. The molecule has 7 nitrogen and oxygen atoms in total. The van der Waals surface area contributed by atoms with Gasteiger partial charge in [0.1, 0.15) is 5.82 Å². The summed E-state index contributed by atoms with van der Waals surface area (Å²) in [4.78, 5) is 24.1. The van der Waals surface area contributed by atoms with Crippen LogP contribution in [-0.2, 0) is 19.6 Å². The highest BCUT2D eigenvalue weighted by Gasteiger charge is 2.23. The van der Waals surface area contributed by atoms with Gasteiger partial charge >= 0.3 is 5.97 Å². The van der Waals surface area contributed by atoms with Crippen LogP contribution < -0.4 is 10.5 Å². The van der Waals surface area contributed by atoms with E-state index in [1.165, 1.54) is 6.92 Å². The van der Waals surface area contributed by atoms with E-state index in [-0.39, 0.29) is 0 Å². The predicted octanol–water partition coefficient (Wildman–Crippen LogP) is 2.81. The highest BCUT2D eigenvalue weighted by atomic mass is 32.2. The van der Waals surface area contributed by atoms with E-state index >= 15 is 0 Å². The van der Waals surface area contributed by atoms with Gasteiger partial charge in [-0.3, -0.25) is 4.79 Å². The number of esters is 1. The Morgan fingerprint density at radius 1 is 1.03 bits per heavy atom. The minimum atomic E-state index is -4.13. The summed E-state index contributed by atoms with van der Waals surface area (Å²) in [5.41, 5.74) is -0.138. The number of hydrogen-bond donors (Lipinski definition) is 2. The van der Waals surface area contributed by atoms with E-state index < -0.39 is 44.3 Å². The molecule has 0 aromatic heterocycles. The molecule has 0 saturated carbocycles. The van der Waals surface area contributed by atoms with Crippen LogP contribution in [0.15, 0.2) is 65.6 Å². The summed E-state index contributed by atoms with van der Waals surface area (Å²) in [6.07, 6.45) is -1.26. The molecule has 0 saturated heterocycles. The van der Waals surface area contributed by atoms with Gasteiger partial charge in [-0.25, -0.2) is 22.7 Å². The maximum Gasteiger partial charge on any atom is 0.341 e. The van der Waals surface area contributed by atoms with Crippen molar-refractivity contribution in [2.75, 3.05) is 5.32 Å². The van der Waals surface area contributed by atoms with Crippen LogP contribution in [0, 0.1) is 5.82 Å². The first kappa shape index (κ1) is 20.4. The molecule has 3 N–H and O–H groups in total. The largest absolute Gasteiger partial charge is 0.449 e. The topological polar surface area (TPSA) is 116 Å². The van der Waals surface area contributed by atoms with Gasteiger partial charge in [-0.05, 0) is 48.0 Å². The van der Waals surface area contributed by atoms with Crippen molar-refractivity contribution < 1.29 is 27.1 Å². The quantitative estimate of drug-likeness (QED) is 0.621. The lowest BCUT2D eigenvalue weighted by Crippen LogP contribution is -2.30. The Kier molecular flexibility index (Phi) is 5.62. The lowest BCUT2D eigenvalue weighted by molar-refractivity contribution is -0.123. The first-order chi connectivity index (χ1) is 13.6. The Labute approximate surface area is 166 Å². The van der Waals surface area contributed by atoms with Gasteiger partial charge in [0.2, 0.25) is 10.0 Å². The van der Waals surface area contributed by atoms with Crippen molar-refractivity contribution in [3.63, 3.8) is 0 Å². The fourth-order valence-electron chi connectivity index (χ4n) is 2.63. The molecular weight excluding hydrogens is 399 g/mol. The summed E-state index contributed by atoms with van der Waals surface area (Å²) in [7, 11) is -4.13. The number of primary sulfonamides is 1. The second-order valence-electron chi connectivity index (χ2n) is 6.29. The molecule has 150 valence electrons. The lowest BCUT2D eigenvalue weighted by Gasteiger charge is -2.14. The molecule has 29 heavy (non-hydrogen) atoms. The standard InChI is InChI=1S/C20H17FN2O5S/c1-12(19(24)23-15-7-6-13-4-2-3-5-14(13)10-15)28-20(25)17-11-16(29(22,26)27)8-9-18(17)21/h2-12H,1H3,(H,23,24)(H2,22,26,27)/t12-/m1/s1. The van der Waals surface area contributed by atoms with Crippen LogP contribution in [-0.4, -0.2) is 26.4 Å². The number of carbonyl (C=O) groups excluding carboxylic acids is 2. The number of sulfonamides is 1. The molecule has 0 unspecified atom stereocenters. The number of halogens is 1. The number of anilines is 1. The molecule has 0 bridgehead atoms. The molecule has 0 heterocycles. The van der Waals surface area contributed by atoms with E-state index in [1.807, 2.05) is 30.3 Å². The van der Waals surface area contributed by atoms with E-state index in [1.54, 1.807) is 12.1 Å². The molecule has 1 amide bonds. The van der Waals surface area contributed by atoms with Gasteiger partial charge in [-0.2, -0.15) is 0 Å². The summed E-state index contributed by atoms with van der Waals surface area (Å²) in [5, 5.41) is 9.51. The van der Waals surface area contributed by atoms with Gasteiger partial charge in [0, 0.05) is 5.69 Å². The van der Waals surface area contributed by atoms with Crippen molar-refractivity contribution in [2.45, 2.75) is 17.9 Å². The molecule has 3 aromatic carbocycles. The zero-order valence-electron chi connectivity index (χ0n) is 15.3. The van der Waals surface area contributed by atoms with Crippen molar-refractivity contribution >= 4 is 38.4 Å². The summed E-state index contributed by atoms with van der Waals surface area (Å²) in [6.45, 7) is 1.32. The van der Waals surface area contributed by atoms with Crippen LogP contribution in [0.5, 0.6) is 0 Å². The molecule has 1 atom stereocenters. The molecule has 9 heteroatoms. The van der Waals surface area contributed by atoms with Crippen LogP contribution in [0.4, 0.5) is 10.1 Å². The first-order valence-electron chi connectivity index (χ1n) is 8.48. The second kappa shape index (κ2) is 7.98. The highest BCUT2D eigenvalue weighted by Crippen LogP contribution is 2.20. The van der Waals surface area contributed by atoms with Gasteiger partial charge < -0.3 is 10.1 Å². The van der Waals surface area contributed by atoms with Gasteiger partial charge in [-0.1, -0.05) is 30.3 Å². The van der Waals surface area contributed by atoms with E-state index in [0.29, 0.717) is 5.69 Å². The molecular formula is C20H17FN2O5S. The maximum absolute atomic E-state index is 13.9. The van der Waals surface area contributed by atoms with E-state index in [9.17, 15) is 22.4 Å². The molecule has 3 aromatic rings. The molecule has 0 fully saturated rings. The first-order valence-corrected chi connectivity index (χ1v) is 10.0. The van der Waals surface area contributed by atoms with E-state index in [0.717, 1.165) is 29.0 Å². The number of nitrogens with one attached hydrogen (secondary N) is 1. The Hall–Kier alpha value is -3.30. The van der Waals surface area contributed by atoms with Gasteiger partial charge in [-0.15, -0.1) is 0 Å². The number of rotatable bonds is 5. The summed E-state index contributed by atoms with van der Waals surface area (Å²) in [5.74, 6) is -2.81. The molecule has 0 radical (unpaired) electrons. The van der Waals surface area contributed by atoms with Gasteiger partial charge in [0.25, 0.3) is 5.91 Å². The lowest BCUT2D eigenvalue weighted by atomic mass is 10.1. The molecule has 0 aliphatic carbocycles. The predicted molar refractivity (Wildman–Crippen MR) is 105 cm³/mol. The van der Waals surface area contributed by atoms with Crippen LogP contribution in [0.1, 0.15) is 17.3 Å². The Morgan fingerprint density at radius 3 is 2.41 bits per heavy atom. The Morgan fingerprint density at radius 2 is 1.72 bits per heavy atom. The molecule has 0 aliphatic rings. The minimum absolute atomic E-state index is 0.445. The van der Waals surface area contributed by atoms with Crippen molar-refractivity contribution in [3.05, 3.63) is 72.0 Å². The summed E-state index contributed by atoms with van der Waals surface area (Å²) < 4.78 is 41.7. The van der Waals surface area contributed by atoms with E-state index in [2.05, 4.69) is 5.32 Å². The monoisotopic (exact) mass is 416 g/mol. The average Bonchev–Trinajstić information content (AvgIpc) is 2.67. The number of hydrogen-bond acceptors (Lipinski definition) is 5. The van der Waals surface area contributed by atoms with Gasteiger partial charge in [0.15, 0.2) is 6.10 Å². The summed E-state index contributed by atoms with van der Waals surface area (Å²) in [6, 6.07) is 15.3. The van der Waals surface area contributed by atoms with Gasteiger partial charge in [0.05, 0.1) is 10.5 Å². The number of amides is 1. The average molecular weight is 416 g/mol. The van der Waals surface area contributed by atoms with Crippen molar-refractivity contribution in [1.82, 2.24) is 0 Å². The smallest absolute Gasteiger partial charge is 0.341 e. The Balaban J connectivity index is 1.72. The van der Waals surface area contributed by atoms with Crippen LogP contribution in [0.2, 0.25) is 0 Å². The number of benzene rings is 3. The van der Waals surface area contributed by atoms with Crippen LogP contribution in [0.3, 0.4) is 0 Å². The number of nitrogens with two attached hydrogens (primary N) is 1. The maximum atomic E-state index is 13.9. The van der Waals surface area contributed by atoms with Crippen molar-refractivity contribution in [3.8, 4) is 0 Å². The second-order valence-corrected chi connectivity index (χ2v) is 7.85.